The Labute approximate surface area is 487 Å². The molecular formula is C58H74F3NO17SSi3. The molecule has 0 spiro atoms. The fraction of sp³-hybridized carbons (Fsp3) is 0.552. The van der Waals surface area contributed by atoms with Crippen LogP contribution >= 0.6 is 0 Å². The quantitative estimate of drug-likeness (QED) is 0.0312. The van der Waals surface area contributed by atoms with Crippen LogP contribution in [0, 0.1) is 16.7 Å². The zero-order chi connectivity index (χ0) is 61.8. The first-order valence-electron chi connectivity index (χ1n) is 27.1. The molecule has 3 fully saturated rings. The van der Waals surface area contributed by atoms with E-state index in [0.717, 1.165) is 13.8 Å². The maximum Gasteiger partial charge on any atom is 0.523 e. The summed E-state index contributed by atoms with van der Waals surface area (Å²) in [5, 5.41) is 2.51. The van der Waals surface area contributed by atoms with Crippen molar-refractivity contribution >= 4 is 72.1 Å². The van der Waals surface area contributed by atoms with Gasteiger partial charge in [0.15, 0.2) is 31.9 Å². The monoisotopic (exact) mass is 1230 g/mol. The molecule has 2 bridgehead atoms. The van der Waals surface area contributed by atoms with Crippen LogP contribution in [0.5, 0.6) is 0 Å². The van der Waals surface area contributed by atoms with Crippen molar-refractivity contribution < 1.29 is 91.5 Å². The van der Waals surface area contributed by atoms with Gasteiger partial charge in [-0.1, -0.05) is 101 Å². The predicted molar refractivity (Wildman–Crippen MR) is 302 cm³/mol. The number of hydrogen-bond donors (Lipinski definition) is 1. The zero-order valence-electron chi connectivity index (χ0n) is 49.3. The number of benzene rings is 3. The fourth-order valence-electron chi connectivity index (χ4n) is 12.1. The molecule has 452 valence electrons. The molecule has 1 amide bonds. The van der Waals surface area contributed by atoms with Crippen LogP contribution in [-0.4, -0.2) is 136 Å². The van der Waals surface area contributed by atoms with Crippen molar-refractivity contribution in [3.05, 3.63) is 119 Å². The summed E-state index contributed by atoms with van der Waals surface area (Å²) >= 11 is 0. The van der Waals surface area contributed by atoms with Crippen LogP contribution in [0.2, 0.25) is 44.3 Å². The highest BCUT2D eigenvalue weighted by atomic mass is 32.2. The molecule has 0 aromatic heterocycles. The highest BCUT2D eigenvalue weighted by molar-refractivity contribution is 7.87. The number of fused-ring (bicyclic) bond motifs is 5. The number of amides is 1. The average molecular weight is 1230 g/mol. The molecule has 0 unspecified atom stereocenters. The number of Topliss-reactive ketones (excluding diaryl/α,β-unsaturated/α-hetero) is 1. The Balaban J connectivity index is 1.58. The molecule has 12 atom stereocenters. The number of carbonyl (C=O) groups excluding carboxylic acids is 6. The Bertz CT molecular complexity index is 3090. The number of ketones is 1. The van der Waals surface area contributed by atoms with E-state index in [1.807, 2.05) is 33.9 Å². The van der Waals surface area contributed by atoms with Crippen LogP contribution in [-0.2, 0) is 70.4 Å². The molecule has 25 heteroatoms. The second kappa shape index (κ2) is 23.8. The lowest BCUT2D eigenvalue weighted by atomic mass is 9.44. The molecule has 2 radical (unpaired) electrons. The Morgan fingerprint density at radius 1 is 0.783 bits per heavy atom. The zero-order valence-corrected chi connectivity index (χ0v) is 53.1. The van der Waals surface area contributed by atoms with Crippen LogP contribution in [0.1, 0.15) is 101 Å². The van der Waals surface area contributed by atoms with E-state index >= 15 is 14.4 Å². The largest absolute Gasteiger partial charge is 0.523 e. The third-order valence-corrected chi connectivity index (χ3v) is 23.9. The Hall–Kier alpha value is -5.39. The first-order valence-corrected chi connectivity index (χ1v) is 36.3. The Kier molecular flexibility index (Phi) is 18.7. The van der Waals surface area contributed by atoms with Crippen molar-refractivity contribution in [1.82, 2.24) is 5.32 Å². The molecule has 1 saturated heterocycles. The number of nitrogens with one attached hydrogen (secondary N) is 1. The highest BCUT2D eigenvalue weighted by Gasteiger charge is 2.82. The molecule has 18 nitrogen and oxygen atoms in total. The lowest BCUT2D eigenvalue weighted by Gasteiger charge is -2.70. The lowest BCUT2D eigenvalue weighted by Crippen LogP contribution is -2.86. The maximum absolute atomic E-state index is 16.8. The van der Waals surface area contributed by atoms with Gasteiger partial charge in [-0.25, -0.2) is 9.59 Å². The van der Waals surface area contributed by atoms with E-state index in [4.69, 9.17) is 41.1 Å². The summed E-state index contributed by atoms with van der Waals surface area (Å²) in [6.45, 7) is 23.7. The smallest absolute Gasteiger partial charge is 0.456 e. The molecule has 3 aromatic rings. The molecule has 3 aromatic carbocycles. The van der Waals surface area contributed by atoms with Crippen molar-refractivity contribution in [2.45, 2.75) is 179 Å². The normalized spacial score (nSPS) is 28.7. The van der Waals surface area contributed by atoms with Gasteiger partial charge in [0.05, 0.1) is 35.6 Å². The van der Waals surface area contributed by atoms with E-state index in [9.17, 15) is 36.0 Å². The second-order valence-corrected chi connectivity index (χ2v) is 34.7. The van der Waals surface area contributed by atoms with Crippen molar-refractivity contribution in [3.63, 3.8) is 0 Å². The van der Waals surface area contributed by atoms with Gasteiger partial charge in [0.2, 0.25) is 18.1 Å². The van der Waals surface area contributed by atoms with Gasteiger partial charge in [-0.05, 0) is 99.1 Å². The van der Waals surface area contributed by atoms with Gasteiger partial charge in [-0.15, -0.1) is 0 Å². The summed E-state index contributed by atoms with van der Waals surface area (Å²) in [6, 6.07) is 23.5. The first-order chi connectivity index (χ1) is 38.4. The van der Waals surface area contributed by atoms with E-state index in [1.54, 1.807) is 126 Å². The number of halogens is 3. The van der Waals surface area contributed by atoms with Crippen molar-refractivity contribution in [2.75, 3.05) is 6.61 Å². The molecule has 83 heavy (non-hydrogen) atoms. The second-order valence-electron chi connectivity index (χ2n) is 24.3. The third kappa shape index (κ3) is 12.2. The van der Waals surface area contributed by atoms with Gasteiger partial charge in [0.1, 0.15) is 30.0 Å². The van der Waals surface area contributed by atoms with E-state index < -0.39 is 172 Å². The molecule has 4 aliphatic rings. The van der Waals surface area contributed by atoms with E-state index in [2.05, 4.69) is 5.32 Å². The minimum atomic E-state index is -6.59. The molecule has 7 rings (SSSR count). The number of hydrogen-bond acceptors (Lipinski definition) is 17. The van der Waals surface area contributed by atoms with Gasteiger partial charge in [-0.3, -0.25) is 23.4 Å². The Morgan fingerprint density at radius 3 is 1.82 bits per heavy atom. The summed E-state index contributed by atoms with van der Waals surface area (Å²) in [7, 11) is -14.1. The maximum atomic E-state index is 16.8. The van der Waals surface area contributed by atoms with Gasteiger partial charge < -0.3 is 42.3 Å². The number of rotatable bonds is 18. The molecular weight excluding hydrogens is 1160 g/mol. The molecule has 3 aliphatic carbocycles. The minimum Gasteiger partial charge on any atom is -0.456 e. The van der Waals surface area contributed by atoms with Crippen LogP contribution in [0.15, 0.2) is 102 Å². The van der Waals surface area contributed by atoms with Crippen molar-refractivity contribution in [3.8, 4) is 0 Å². The summed E-state index contributed by atoms with van der Waals surface area (Å²) < 4.78 is 129. The van der Waals surface area contributed by atoms with E-state index in [1.165, 1.54) is 19.1 Å². The summed E-state index contributed by atoms with van der Waals surface area (Å²) in [5.41, 5.74) is -14.1. The molecule has 2 saturated carbocycles. The van der Waals surface area contributed by atoms with Crippen LogP contribution in [0.25, 0.3) is 0 Å². The molecule has 1 N–H and O–H groups in total. The predicted octanol–water partition coefficient (Wildman–Crippen LogP) is 9.16. The van der Waals surface area contributed by atoms with Gasteiger partial charge in [0.25, 0.3) is 5.91 Å². The molecule has 1 aliphatic heterocycles. The number of carbonyl (C=O) groups is 6. The minimum absolute atomic E-state index is 0.0237. The number of alkyl halides is 3. The lowest BCUT2D eigenvalue weighted by molar-refractivity contribution is -0.363. The Morgan fingerprint density at radius 2 is 1.34 bits per heavy atom. The molecule has 1 heterocycles. The SMILES string of the molecule is CC(=O)O[C@H]1C(=O)[C@]2(C)[C@H](O[Si](C)C)[C@H](OS(=O)(=O)C(F)(F)F)[C@H]3OC[C@@]3(OC(C)=O)[C@H]2[C@H](OC(=O)c2ccccc2)[C@@]2(O[Si](C)C)C[C@H](OC(=O)[C@H](O[Si](C)(C)C(C)(C)C)[C@@H](NC(=O)c3ccccc3)c3ccccc3)C(C)=C1C2(C)C. The first kappa shape index (κ1) is 65.2. The van der Waals surface area contributed by atoms with Crippen LogP contribution < -0.4 is 5.32 Å². The average Bonchev–Trinajstić information content (AvgIpc) is 0.715. The standard InChI is InChI=1S/C58H74F3NO17SSi3/c1-33-39(73-52(68)43(78-83(14,15)53(4,5)6)41(36-25-19-16-20-26-36)62-50(66)37-27-21-17-22-28-37)31-57(79-82(12)13)49(74-51(67)38-29-23-18-24-30-38)45-55(9,46(65)42(72-34(2)63)40(33)54(57,7)8)47(77-81(10)11)44(76-80(69,70)58(59,60)61)48-56(45,32-71-48)75-35(3)64/h16-30,39,41-45,47-49H,31-32H2,1-15H3,(H,62,66)/t39-,41-,42+,43+,44-,45-,47+,48+,49-,55+,56+,57-/m0/s1. The van der Waals surface area contributed by atoms with E-state index in [0.29, 0.717) is 5.56 Å². The van der Waals surface area contributed by atoms with Gasteiger partial charge in [0, 0.05) is 31.2 Å². The highest BCUT2D eigenvalue weighted by Crippen LogP contribution is 2.66. The summed E-state index contributed by atoms with van der Waals surface area (Å²) in [6.07, 6.45) is -14.1. The van der Waals surface area contributed by atoms with Gasteiger partial charge >= 0.3 is 39.5 Å². The van der Waals surface area contributed by atoms with Gasteiger partial charge in [-0.2, -0.15) is 21.6 Å². The van der Waals surface area contributed by atoms with Crippen molar-refractivity contribution in [1.29, 1.82) is 0 Å². The summed E-state index contributed by atoms with van der Waals surface area (Å²) in [4.78, 5) is 89.8. The number of esters is 4. The van der Waals surface area contributed by atoms with E-state index in [-0.39, 0.29) is 22.3 Å². The van der Waals surface area contributed by atoms with Crippen LogP contribution in [0.4, 0.5) is 13.2 Å². The van der Waals surface area contributed by atoms with Crippen molar-refractivity contribution in [2.24, 2.45) is 16.7 Å². The fourth-order valence-corrected chi connectivity index (χ4v) is 16.0. The third-order valence-electron chi connectivity index (χ3n) is 16.9. The van der Waals surface area contributed by atoms with Crippen LogP contribution in [0.3, 0.4) is 0 Å². The summed E-state index contributed by atoms with van der Waals surface area (Å²) in [5.74, 6) is -7.68. The number of ether oxygens (including phenoxy) is 5. The topological polar surface area (TPSA) is 232 Å².